The van der Waals surface area contributed by atoms with Crippen LogP contribution in [0.15, 0.2) is 36.9 Å². The van der Waals surface area contributed by atoms with Crippen molar-refractivity contribution in [3.63, 3.8) is 0 Å². The smallest absolute Gasteiger partial charge is 0.321 e. The molecule has 2 rings (SSSR count). The van der Waals surface area contributed by atoms with E-state index in [0.717, 1.165) is 38.4 Å². The summed E-state index contributed by atoms with van der Waals surface area (Å²) in [6.45, 7) is 12.3. The van der Waals surface area contributed by atoms with Gasteiger partial charge in [-0.25, -0.2) is 4.79 Å². The van der Waals surface area contributed by atoms with E-state index in [9.17, 15) is 4.79 Å². The Morgan fingerprint density at radius 3 is 2.38 bits per heavy atom. The van der Waals surface area contributed by atoms with Crippen LogP contribution in [-0.4, -0.2) is 48.6 Å². The molecule has 21 heavy (non-hydrogen) atoms. The Morgan fingerprint density at radius 2 is 1.86 bits per heavy atom. The van der Waals surface area contributed by atoms with Gasteiger partial charge in [0.1, 0.15) is 0 Å². The maximum atomic E-state index is 12.2. The van der Waals surface area contributed by atoms with Crippen LogP contribution in [0.4, 0.5) is 10.5 Å². The number of urea groups is 1. The number of carbonyl (C=O) groups excluding carboxylic acids is 1. The Hall–Kier alpha value is -1.81. The first-order chi connectivity index (χ1) is 10.1. The van der Waals surface area contributed by atoms with Crippen molar-refractivity contribution >= 4 is 11.7 Å². The van der Waals surface area contributed by atoms with Gasteiger partial charge in [0, 0.05) is 38.4 Å². The zero-order chi connectivity index (χ0) is 15.2. The van der Waals surface area contributed by atoms with Gasteiger partial charge in [-0.05, 0) is 23.6 Å². The molecule has 2 amide bonds. The first-order valence-corrected chi connectivity index (χ1v) is 7.59. The largest absolute Gasteiger partial charge is 0.322 e. The Balaban J connectivity index is 1.86. The molecule has 0 saturated carbocycles. The fourth-order valence-electron chi connectivity index (χ4n) is 2.47. The lowest BCUT2D eigenvalue weighted by molar-refractivity contribution is 0.156. The van der Waals surface area contributed by atoms with Crippen LogP contribution >= 0.6 is 0 Å². The molecular formula is C17H25N3O. The minimum Gasteiger partial charge on any atom is -0.322 e. The summed E-state index contributed by atoms with van der Waals surface area (Å²) in [5.41, 5.74) is 2.14. The maximum absolute atomic E-state index is 12.2. The summed E-state index contributed by atoms with van der Waals surface area (Å²) in [4.78, 5) is 16.4. The predicted octanol–water partition coefficient (Wildman–Crippen LogP) is 3.15. The number of benzene rings is 1. The van der Waals surface area contributed by atoms with Gasteiger partial charge < -0.3 is 10.2 Å². The van der Waals surface area contributed by atoms with Gasteiger partial charge in [0.15, 0.2) is 0 Å². The summed E-state index contributed by atoms with van der Waals surface area (Å²) in [7, 11) is 0. The summed E-state index contributed by atoms with van der Waals surface area (Å²) >= 11 is 0. The van der Waals surface area contributed by atoms with Gasteiger partial charge >= 0.3 is 6.03 Å². The third-order valence-corrected chi connectivity index (χ3v) is 3.88. The molecule has 0 aromatic heterocycles. The molecule has 0 spiro atoms. The number of hydrogen-bond donors (Lipinski definition) is 1. The molecule has 0 unspecified atom stereocenters. The van der Waals surface area contributed by atoms with Crippen LogP contribution in [-0.2, 0) is 0 Å². The van der Waals surface area contributed by atoms with Crippen LogP contribution in [0.2, 0.25) is 0 Å². The van der Waals surface area contributed by atoms with Crippen molar-refractivity contribution in [3.8, 4) is 0 Å². The SMILES string of the molecule is C=CCN1CCN(C(=O)Nc2ccc(C(C)C)cc2)CC1. The summed E-state index contributed by atoms with van der Waals surface area (Å²) in [6, 6.07) is 8.08. The van der Waals surface area contributed by atoms with Crippen molar-refractivity contribution in [2.75, 3.05) is 38.0 Å². The van der Waals surface area contributed by atoms with Crippen molar-refractivity contribution in [1.82, 2.24) is 9.80 Å². The third kappa shape index (κ3) is 4.33. The van der Waals surface area contributed by atoms with Gasteiger partial charge in [-0.15, -0.1) is 6.58 Å². The Kier molecular flexibility index (Phi) is 5.39. The number of anilines is 1. The molecule has 1 aromatic carbocycles. The molecule has 1 aromatic rings. The van der Waals surface area contributed by atoms with Gasteiger partial charge in [0.2, 0.25) is 0 Å². The Bertz CT molecular complexity index is 473. The van der Waals surface area contributed by atoms with E-state index in [1.807, 2.05) is 23.1 Å². The van der Waals surface area contributed by atoms with Gasteiger partial charge in [-0.1, -0.05) is 32.1 Å². The quantitative estimate of drug-likeness (QED) is 0.864. The second kappa shape index (κ2) is 7.27. The average molecular weight is 287 g/mol. The zero-order valence-electron chi connectivity index (χ0n) is 13.0. The molecule has 0 radical (unpaired) electrons. The highest BCUT2D eigenvalue weighted by Crippen LogP contribution is 2.17. The van der Waals surface area contributed by atoms with Crippen molar-refractivity contribution in [1.29, 1.82) is 0 Å². The third-order valence-electron chi connectivity index (χ3n) is 3.88. The van der Waals surface area contributed by atoms with E-state index in [-0.39, 0.29) is 6.03 Å². The summed E-state index contributed by atoms with van der Waals surface area (Å²) in [5.74, 6) is 0.507. The highest BCUT2D eigenvalue weighted by molar-refractivity contribution is 5.89. The highest BCUT2D eigenvalue weighted by atomic mass is 16.2. The number of piperazine rings is 1. The summed E-state index contributed by atoms with van der Waals surface area (Å²) < 4.78 is 0. The second-order valence-electron chi connectivity index (χ2n) is 5.78. The summed E-state index contributed by atoms with van der Waals surface area (Å²) in [6.07, 6.45) is 1.91. The van der Waals surface area contributed by atoms with Crippen LogP contribution in [0.3, 0.4) is 0 Å². The van der Waals surface area contributed by atoms with E-state index in [4.69, 9.17) is 0 Å². The number of nitrogens with one attached hydrogen (secondary N) is 1. The van der Waals surface area contributed by atoms with Crippen molar-refractivity contribution in [2.45, 2.75) is 19.8 Å². The van der Waals surface area contributed by atoms with Crippen LogP contribution in [0.25, 0.3) is 0 Å². The lowest BCUT2D eigenvalue weighted by Crippen LogP contribution is -2.49. The van der Waals surface area contributed by atoms with E-state index in [2.05, 4.69) is 42.8 Å². The van der Waals surface area contributed by atoms with E-state index in [1.54, 1.807) is 0 Å². The molecule has 1 aliphatic heterocycles. The predicted molar refractivity (Wildman–Crippen MR) is 87.8 cm³/mol. The molecule has 1 N–H and O–H groups in total. The lowest BCUT2D eigenvalue weighted by Gasteiger charge is -2.34. The summed E-state index contributed by atoms with van der Waals surface area (Å²) in [5, 5.41) is 2.97. The normalized spacial score (nSPS) is 16.0. The highest BCUT2D eigenvalue weighted by Gasteiger charge is 2.20. The fraction of sp³-hybridized carbons (Fsp3) is 0.471. The second-order valence-corrected chi connectivity index (χ2v) is 5.78. The molecular weight excluding hydrogens is 262 g/mol. The minimum absolute atomic E-state index is 0.00875. The topological polar surface area (TPSA) is 35.6 Å². The molecule has 4 heteroatoms. The monoisotopic (exact) mass is 287 g/mol. The molecule has 4 nitrogen and oxygen atoms in total. The van der Waals surface area contributed by atoms with Crippen LogP contribution in [0, 0.1) is 0 Å². The fourth-order valence-corrected chi connectivity index (χ4v) is 2.47. The van der Waals surface area contributed by atoms with Gasteiger partial charge in [0.05, 0.1) is 0 Å². The van der Waals surface area contributed by atoms with Crippen LogP contribution in [0.5, 0.6) is 0 Å². The number of nitrogens with zero attached hydrogens (tertiary/aromatic N) is 2. The van der Waals surface area contributed by atoms with Crippen molar-refractivity contribution in [3.05, 3.63) is 42.5 Å². The maximum Gasteiger partial charge on any atom is 0.321 e. The molecule has 1 aliphatic rings. The number of hydrogen-bond acceptors (Lipinski definition) is 2. The molecule has 114 valence electrons. The van der Waals surface area contributed by atoms with Crippen LogP contribution in [0.1, 0.15) is 25.3 Å². The molecule has 1 saturated heterocycles. The molecule has 0 bridgehead atoms. The molecule has 1 fully saturated rings. The first kappa shape index (κ1) is 15.6. The molecule has 0 aliphatic carbocycles. The lowest BCUT2D eigenvalue weighted by atomic mass is 10.0. The minimum atomic E-state index is -0.00875. The number of rotatable bonds is 4. The van der Waals surface area contributed by atoms with E-state index in [1.165, 1.54) is 5.56 Å². The number of carbonyl (C=O) groups is 1. The van der Waals surface area contributed by atoms with Gasteiger partial charge in [0.25, 0.3) is 0 Å². The van der Waals surface area contributed by atoms with E-state index < -0.39 is 0 Å². The average Bonchev–Trinajstić information content (AvgIpc) is 2.49. The zero-order valence-corrected chi connectivity index (χ0v) is 13.0. The Labute approximate surface area is 127 Å². The molecule has 0 atom stereocenters. The standard InChI is InChI=1S/C17H25N3O/c1-4-9-19-10-12-20(13-11-19)17(21)18-16-7-5-15(6-8-16)14(2)3/h4-8,14H,1,9-13H2,2-3H3,(H,18,21). The Morgan fingerprint density at radius 1 is 1.24 bits per heavy atom. The van der Waals surface area contributed by atoms with E-state index >= 15 is 0 Å². The van der Waals surface area contributed by atoms with E-state index in [0.29, 0.717) is 5.92 Å². The van der Waals surface area contributed by atoms with Gasteiger partial charge in [-0.3, -0.25) is 4.90 Å². The van der Waals surface area contributed by atoms with Crippen molar-refractivity contribution < 1.29 is 4.79 Å². The number of amides is 2. The van der Waals surface area contributed by atoms with Crippen LogP contribution < -0.4 is 5.32 Å². The van der Waals surface area contributed by atoms with Gasteiger partial charge in [-0.2, -0.15) is 0 Å². The molecule has 1 heterocycles. The first-order valence-electron chi connectivity index (χ1n) is 7.59. The van der Waals surface area contributed by atoms with Crippen molar-refractivity contribution in [2.24, 2.45) is 0 Å².